The van der Waals surface area contributed by atoms with Crippen LogP contribution in [0, 0.1) is 11.8 Å². The number of alkyl halides is 1. The van der Waals surface area contributed by atoms with E-state index in [1.165, 1.54) is 43.2 Å². The molecule has 1 fully saturated rings. The summed E-state index contributed by atoms with van der Waals surface area (Å²) in [5.41, 5.74) is 2.85. The molecule has 1 aromatic carbocycles. The van der Waals surface area contributed by atoms with Crippen LogP contribution in [-0.2, 0) is 6.42 Å². The first-order valence-corrected chi connectivity index (χ1v) is 8.55. The summed E-state index contributed by atoms with van der Waals surface area (Å²) < 4.78 is 5.70. The molecule has 2 aliphatic rings. The molecule has 1 aliphatic heterocycles. The average molecular weight is 323 g/mol. The number of aryl methyl sites for hydroxylation is 1. The lowest BCUT2D eigenvalue weighted by atomic mass is 9.80. The van der Waals surface area contributed by atoms with Gasteiger partial charge in [0.1, 0.15) is 5.75 Å². The minimum Gasteiger partial charge on any atom is -0.493 e. The lowest BCUT2D eigenvalue weighted by Crippen LogP contribution is -2.17. The molecular formula is C17H23BrO. The third kappa shape index (κ3) is 2.99. The van der Waals surface area contributed by atoms with Crippen LogP contribution >= 0.6 is 15.9 Å². The third-order valence-corrected chi connectivity index (χ3v) is 6.00. The fraction of sp³-hybridized carbons (Fsp3) is 0.647. The Morgan fingerprint density at radius 3 is 2.79 bits per heavy atom. The minimum atomic E-state index is 0.521. The van der Waals surface area contributed by atoms with Gasteiger partial charge in [0.15, 0.2) is 0 Å². The van der Waals surface area contributed by atoms with E-state index in [2.05, 4.69) is 41.1 Å². The second kappa shape index (κ2) is 5.87. The van der Waals surface area contributed by atoms with Crippen molar-refractivity contribution in [3.63, 3.8) is 0 Å². The fourth-order valence-electron chi connectivity index (χ4n) is 3.40. The molecule has 1 heterocycles. The van der Waals surface area contributed by atoms with E-state index in [0.717, 1.165) is 30.6 Å². The molecule has 19 heavy (non-hydrogen) atoms. The maximum absolute atomic E-state index is 5.70. The molecule has 0 spiro atoms. The van der Waals surface area contributed by atoms with Crippen LogP contribution in [-0.4, -0.2) is 6.61 Å². The molecule has 0 amide bonds. The molecule has 1 atom stereocenters. The predicted molar refractivity (Wildman–Crippen MR) is 83.0 cm³/mol. The standard InChI is InChI=1S/C17H23BrO/c1-12-4-6-13(7-5-12)17(18)15-8-9-16-14(11-15)3-2-10-19-16/h8-9,11-13,17H,2-7,10H2,1H3. The van der Waals surface area contributed by atoms with Crippen molar-refractivity contribution in [1.82, 2.24) is 0 Å². The van der Waals surface area contributed by atoms with Crippen molar-refractivity contribution in [2.45, 2.75) is 50.3 Å². The van der Waals surface area contributed by atoms with Crippen LogP contribution in [0.5, 0.6) is 5.75 Å². The minimum absolute atomic E-state index is 0.521. The normalized spacial score (nSPS) is 28.3. The zero-order valence-corrected chi connectivity index (χ0v) is 13.3. The molecule has 0 N–H and O–H groups in total. The van der Waals surface area contributed by atoms with Gasteiger partial charge in [-0.15, -0.1) is 0 Å². The van der Waals surface area contributed by atoms with E-state index in [4.69, 9.17) is 4.74 Å². The number of fused-ring (bicyclic) bond motifs is 1. The number of rotatable bonds is 2. The first-order valence-electron chi connectivity index (χ1n) is 7.63. The maximum Gasteiger partial charge on any atom is 0.122 e. The summed E-state index contributed by atoms with van der Waals surface area (Å²) in [6.45, 7) is 3.26. The Balaban J connectivity index is 1.74. The molecule has 2 heteroatoms. The van der Waals surface area contributed by atoms with E-state index >= 15 is 0 Å². The Bertz CT molecular complexity index is 435. The van der Waals surface area contributed by atoms with Gasteiger partial charge in [-0.3, -0.25) is 0 Å². The highest BCUT2D eigenvalue weighted by Crippen LogP contribution is 2.42. The summed E-state index contributed by atoms with van der Waals surface area (Å²) in [6, 6.07) is 6.79. The Morgan fingerprint density at radius 2 is 2.00 bits per heavy atom. The Labute approximate surface area is 124 Å². The van der Waals surface area contributed by atoms with Gasteiger partial charge in [-0.1, -0.05) is 47.8 Å². The van der Waals surface area contributed by atoms with Crippen LogP contribution < -0.4 is 4.74 Å². The van der Waals surface area contributed by atoms with Crippen molar-refractivity contribution in [3.05, 3.63) is 29.3 Å². The van der Waals surface area contributed by atoms with Gasteiger partial charge >= 0.3 is 0 Å². The number of ether oxygens (including phenoxy) is 1. The molecule has 1 saturated carbocycles. The summed E-state index contributed by atoms with van der Waals surface area (Å²) in [7, 11) is 0. The largest absolute Gasteiger partial charge is 0.493 e. The molecule has 1 unspecified atom stereocenters. The van der Waals surface area contributed by atoms with Crippen LogP contribution in [0.1, 0.15) is 55.0 Å². The monoisotopic (exact) mass is 322 g/mol. The summed E-state index contributed by atoms with van der Waals surface area (Å²) >= 11 is 3.95. The zero-order valence-electron chi connectivity index (χ0n) is 11.7. The van der Waals surface area contributed by atoms with Crippen molar-refractivity contribution in [3.8, 4) is 5.75 Å². The number of halogens is 1. The van der Waals surface area contributed by atoms with Crippen LogP contribution in [0.3, 0.4) is 0 Å². The van der Waals surface area contributed by atoms with E-state index < -0.39 is 0 Å². The summed E-state index contributed by atoms with van der Waals surface area (Å²) in [5.74, 6) is 2.83. The fourth-order valence-corrected chi connectivity index (χ4v) is 4.22. The maximum atomic E-state index is 5.70. The van der Waals surface area contributed by atoms with Crippen molar-refractivity contribution in [2.24, 2.45) is 11.8 Å². The quantitative estimate of drug-likeness (QED) is 0.673. The van der Waals surface area contributed by atoms with Crippen molar-refractivity contribution < 1.29 is 4.74 Å². The molecule has 0 aromatic heterocycles. The zero-order chi connectivity index (χ0) is 13.2. The Morgan fingerprint density at radius 1 is 1.21 bits per heavy atom. The number of benzene rings is 1. The lowest BCUT2D eigenvalue weighted by Gasteiger charge is -2.30. The van der Waals surface area contributed by atoms with E-state index in [9.17, 15) is 0 Å². The van der Waals surface area contributed by atoms with E-state index in [0.29, 0.717) is 4.83 Å². The topological polar surface area (TPSA) is 9.23 Å². The second-order valence-electron chi connectivity index (χ2n) is 6.24. The highest BCUT2D eigenvalue weighted by atomic mass is 79.9. The smallest absolute Gasteiger partial charge is 0.122 e. The van der Waals surface area contributed by atoms with Gasteiger partial charge in [-0.2, -0.15) is 0 Å². The van der Waals surface area contributed by atoms with E-state index in [1.807, 2.05) is 0 Å². The van der Waals surface area contributed by atoms with Gasteiger partial charge in [0.05, 0.1) is 6.61 Å². The van der Waals surface area contributed by atoms with Crippen LogP contribution in [0.4, 0.5) is 0 Å². The van der Waals surface area contributed by atoms with Crippen LogP contribution in [0.15, 0.2) is 18.2 Å². The highest BCUT2D eigenvalue weighted by Gasteiger charge is 2.26. The first kappa shape index (κ1) is 13.5. The second-order valence-corrected chi connectivity index (χ2v) is 7.23. The van der Waals surface area contributed by atoms with Gasteiger partial charge in [-0.25, -0.2) is 0 Å². The van der Waals surface area contributed by atoms with Gasteiger partial charge in [0, 0.05) is 4.83 Å². The van der Waals surface area contributed by atoms with Crippen molar-refractivity contribution in [1.29, 1.82) is 0 Å². The van der Waals surface area contributed by atoms with Crippen LogP contribution in [0.2, 0.25) is 0 Å². The van der Waals surface area contributed by atoms with E-state index in [-0.39, 0.29) is 0 Å². The predicted octanol–water partition coefficient (Wildman–Crippen LogP) is 5.27. The lowest BCUT2D eigenvalue weighted by molar-refractivity contribution is 0.284. The van der Waals surface area contributed by atoms with Gasteiger partial charge in [-0.05, 0) is 54.7 Å². The Hall–Kier alpha value is -0.500. The SMILES string of the molecule is CC1CCC(C(Br)c2ccc3c(c2)CCCO3)CC1. The summed E-state index contributed by atoms with van der Waals surface area (Å²) in [4.78, 5) is 0.521. The van der Waals surface area contributed by atoms with Gasteiger partial charge < -0.3 is 4.74 Å². The molecule has 3 rings (SSSR count). The molecule has 1 nitrogen and oxygen atoms in total. The number of hydrogen-bond acceptors (Lipinski definition) is 1. The Kier molecular flexibility index (Phi) is 4.16. The molecule has 1 aromatic rings. The average Bonchev–Trinajstić information content (AvgIpc) is 2.47. The van der Waals surface area contributed by atoms with Gasteiger partial charge in [0.25, 0.3) is 0 Å². The molecule has 1 aliphatic carbocycles. The van der Waals surface area contributed by atoms with E-state index in [1.54, 1.807) is 0 Å². The van der Waals surface area contributed by atoms with Crippen molar-refractivity contribution in [2.75, 3.05) is 6.61 Å². The molecule has 0 bridgehead atoms. The van der Waals surface area contributed by atoms with Gasteiger partial charge in [0.2, 0.25) is 0 Å². The number of hydrogen-bond donors (Lipinski definition) is 0. The highest BCUT2D eigenvalue weighted by molar-refractivity contribution is 9.09. The van der Waals surface area contributed by atoms with Crippen molar-refractivity contribution >= 4 is 15.9 Å². The molecule has 0 radical (unpaired) electrons. The third-order valence-electron chi connectivity index (χ3n) is 4.73. The molecular weight excluding hydrogens is 300 g/mol. The summed E-state index contributed by atoms with van der Waals surface area (Å²) in [5, 5.41) is 0. The first-order chi connectivity index (χ1) is 9.24. The molecule has 104 valence electrons. The van der Waals surface area contributed by atoms with Crippen LogP contribution in [0.25, 0.3) is 0 Å². The molecule has 0 saturated heterocycles. The summed E-state index contributed by atoms with van der Waals surface area (Å²) in [6.07, 6.45) is 7.84.